The van der Waals surface area contributed by atoms with Crippen molar-refractivity contribution in [2.75, 3.05) is 27.4 Å². The molecule has 0 heterocycles. The topological polar surface area (TPSA) is 96.2 Å². The lowest BCUT2D eigenvalue weighted by Crippen LogP contribution is -2.55. The third-order valence-electron chi connectivity index (χ3n) is 6.00. The Kier molecular flexibility index (Phi) is 12.3. The van der Waals surface area contributed by atoms with Gasteiger partial charge >= 0.3 is 31.7 Å². The summed E-state index contributed by atoms with van der Waals surface area (Å²) in [7, 11) is -3.86. The molecule has 0 aliphatic heterocycles. The van der Waals surface area contributed by atoms with Crippen LogP contribution in [0.2, 0.25) is 38.8 Å². The number of nitrogens with zero attached hydrogens (tertiary/aromatic N) is 1. The van der Waals surface area contributed by atoms with Gasteiger partial charge in [0.2, 0.25) is 0 Å². The lowest BCUT2D eigenvalue weighted by Gasteiger charge is -2.38. The summed E-state index contributed by atoms with van der Waals surface area (Å²) in [6, 6.07) is 19.5. The standard InChI is InChI=1S/C28H41NO7Si3/c1-9-33-28(30)26(22-29)27(23-14-11-10-12-15-23)24-16-18-25(19-17-24)34-20-13-21-39(8,35-37(4,5)31-2)36-38(6,7)32-3/h10-12,14-19H,9,13,20-21H2,1-8H3. The van der Waals surface area contributed by atoms with Crippen LogP contribution in [0.3, 0.4) is 0 Å². The second-order valence-electron chi connectivity index (χ2n) is 9.97. The Hall–Kier alpha value is -2.57. The van der Waals surface area contributed by atoms with Crippen molar-refractivity contribution in [3.8, 4) is 11.8 Å². The maximum absolute atomic E-state index is 12.5. The van der Waals surface area contributed by atoms with Crippen LogP contribution in [0.1, 0.15) is 24.5 Å². The van der Waals surface area contributed by atoms with Gasteiger partial charge in [-0.25, -0.2) is 4.79 Å². The van der Waals surface area contributed by atoms with Gasteiger partial charge in [0.15, 0.2) is 0 Å². The van der Waals surface area contributed by atoms with E-state index in [1.807, 2.05) is 86.9 Å². The average Bonchev–Trinajstić information content (AvgIpc) is 2.90. The molecule has 0 unspecified atom stereocenters. The fourth-order valence-electron chi connectivity index (χ4n) is 4.01. The Morgan fingerprint density at radius 3 is 1.87 bits per heavy atom. The lowest BCUT2D eigenvalue weighted by molar-refractivity contribution is -0.137. The van der Waals surface area contributed by atoms with Gasteiger partial charge in [-0.2, -0.15) is 5.26 Å². The van der Waals surface area contributed by atoms with Gasteiger partial charge < -0.3 is 26.6 Å². The first-order chi connectivity index (χ1) is 18.4. The van der Waals surface area contributed by atoms with E-state index >= 15 is 0 Å². The second-order valence-corrected chi connectivity index (χ2v) is 20.8. The minimum absolute atomic E-state index is 0.0361. The van der Waals surface area contributed by atoms with Gasteiger partial charge in [-0.15, -0.1) is 0 Å². The van der Waals surface area contributed by atoms with E-state index in [2.05, 4.69) is 6.55 Å². The molecule has 0 atom stereocenters. The van der Waals surface area contributed by atoms with E-state index in [1.54, 1.807) is 21.1 Å². The lowest BCUT2D eigenvalue weighted by atomic mass is 9.93. The smallest absolute Gasteiger partial charge is 0.349 e. The summed E-state index contributed by atoms with van der Waals surface area (Å²) in [5.74, 6) is 0.0412. The number of rotatable bonds is 15. The Labute approximate surface area is 236 Å². The Morgan fingerprint density at radius 1 is 0.846 bits per heavy atom. The van der Waals surface area contributed by atoms with Crippen LogP contribution in [0.15, 0.2) is 60.2 Å². The third-order valence-corrected chi connectivity index (χ3v) is 16.6. The first-order valence-corrected chi connectivity index (χ1v) is 21.2. The summed E-state index contributed by atoms with van der Waals surface area (Å²) in [5, 5.41) is 9.79. The molecule has 0 saturated carbocycles. The number of ether oxygens (including phenoxy) is 2. The molecule has 8 nitrogen and oxygen atoms in total. The molecule has 0 aliphatic carbocycles. The van der Waals surface area contributed by atoms with E-state index in [-0.39, 0.29) is 12.2 Å². The normalized spacial score (nSPS) is 12.9. The molecule has 0 spiro atoms. The highest BCUT2D eigenvalue weighted by atomic mass is 28.5. The Morgan fingerprint density at radius 2 is 1.38 bits per heavy atom. The Balaban J connectivity index is 2.17. The molecule has 0 radical (unpaired) electrons. The summed E-state index contributed by atoms with van der Waals surface area (Å²) >= 11 is 0. The highest BCUT2D eigenvalue weighted by Crippen LogP contribution is 2.30. The number of nitriles is 1. The van der Waals surface area contributed by atoms with Crippen molar-refractivity contribution in [3.63, 3.8) is 0 Å². The quantitative estimate of drug-likeness (QED) is 0.0805. The van der Waals surface area contributed by atoms with E-state index in [9.17, 15) is 10.1 Å². The zero-order chi connectivity index (χ0) is 29.1. The molecule has 2 aromatic carbocycles. The summed E-state index contributed by atoms with van der Waals surface area (Å²) in [6.45, 7) is 12.5. The minimum Gasteiger partial charge on any atom is -0.494 e. The molecular formula is C28H41NO7Si3. The van der Waals surface area contributed by atoms with E-state index in [0.717, 1.165) is 23.6 Å². The molecule has 0 bridgehead atoms. The van der Waals surface area contributed by atoms with Crippen molar-refractivity contribution in [1.82, 2.24) is 0 Å². The number of hydrogen-bond acceptors (Lipinski definition) is 8. The summed E-state index contributed by atoms with van der Waals surface area (Å²) in [4.78, 5) is 12.5. The van der Waals surface area contributed by atoms with Crippen molar-refractivity contribution in [2.24, 2.45) is 0 Å². The van der Waals surface area contributed by atoms with Crippen LogP contribution in [0, 0.1) is 11.3 Å². The van der Waals surface area contributed by atoms with Gasteiger partial charge in [0.1, 0.15) is 17.4 Å². The zero-order valence-electron chi connectivity index (χ0n) is 24.3. The number of esters is 1. The van der Waals surface area contributed by atoms with Crippen molar-refractivity contribution >= 4 is 37.2 Å². The maximum Gasteiger partial charge on any atom is 0.349 e. The molecule has 0 fully saturated rings. The van der Waals surface area contributed by atoms with Crippen molar-refractivity contribution in [2.45, 2.75) is 52.1 Å². The minimum atomic E-state index is -2.58. The van der Waals surface area contributed by atoms with E-state index in [4.69, 9.17) is 26.6 Å². The number of carbonyl (C=O) groups is 1. The van der Waals surface area contributed by atoms with Crippen LogP contribution in [0.5, 0.6) is 5.75 Å². The molecule has 0 amide bonds. The maximum atomic E-state index is 12.5. The molecule has 0 N–H and O–H groups in total. The first kappa shape index (κ1) is 32.6. The average molecular weight is 588 g/mol. The number of benzene rings is 2. The molecule has 11 heteroatoms. The second kappa shape index (κ2) is 14.7. The van der Waals surface area contributed by atoms with Crippen molar-refractivity contribution in [1.29, 1.82) is 5.26 Å². The fraction of sp³-hybridized carbons (Fsp3) is 0.429. The largest absolute Gasteiger partial charge is 0.494 e. The highest BCUT2D eigenvalue weighted by molar-refractivity contribution is 6.85. The predicted molar refractivity (Wildman–Crippen MR) is 159 cm³/mol. The zero-order valence-corrected chi connectivity index (χ0v) is 27.3. The van der Waals surface area contributed by atoms with Crippen molar-refractivity contribution < 1.29 is 31.4 Å². The summed E-state index contributed by atoms with van der Waals surface area (Å²) in [6.07, 6.45) is 0.740. The van der Waals surface area contributed by atoms with Crippen LogP contribution in [-0.4, -0.2) is 59.1 Å². The van der Waals surface area contributed by atoms with E-state index in [0.29, 0.717) is 17.9 Å². The predicted octanol–water partition coefficient (Wildman–Crippen LogP) is 6.15. The third kappa shape index (κ3) is 10.2. The first-order valence-electron chi connectivity index (χ1n) is 13.0. The van der Waals surface area contributed by atoms with Crippen LogP contribution in [0.4, 0.5) is 0 Å². The van der Waals surface area contributed by atoms with Gasteiger partial charge in [-0.3, -0.25) is 0 Å². The summed E-state index contributed by atoms with van der Waals surface area (Å²) in [5.41, 5.74) is 1.96. The number of carbonyl (C=O) groups excluding carboxylic acids is 1. The molecular weight excluding hydrogens is 547 g/mol. The van der Waals surface area contributed by atoms with Gasteiger partial charge in [0.05, 0.1) is 13.2 Å². The number of hydrogen-bond donors (Lipinski definition) is 0. The SMILES string of the molecule is CCOC(=O)C(C#N)=C(c1ccccc1)c1ccc(OCCC[Si](C)(O[Si](C)(C)OC)O[Si](C)(C)OC)cc1. The van der Waals surface area contributed by atoms with Crippen LogP contribution in [-0.2, 0) is 26.6 Å². The molecule has 2 aromatic rings. The van der Waals surface area contributed by atoms with Gasteiger partial charge in [0.25, 0.3) is 0 Å². The van der Waals surface area contributed by atoms with E-state index < -0.39 is 31.7 Å². The molecule has 0 saturated heterocycles. The fourth-order valence-corrected chi connectivity index (χ4v) is 15.1. The molecule has 39 heavy (non-hydrogen) atoms. The Bertz CT molecular complexity index is 1130. The molecule has 0 aromatic heterocycles. The molecule has 212 valence electrons. The van der Waals surface area contributed by atoms with Crippen LogP contribution in [0.25, 0.3) is 5.57 Å². The highest BCUT2D eigenvalue weighted by Gasteiger charge is 2.44. The van der Waals surface area contributed by atoms with Gasteiger partial charge in [-0.05, 0) is 75.4 Å². The summed E-state index contributed by atoms with van der Waals surface area (Å²) < 4.78 is 35.4. The van der Waals surface area contributed by atoms with Gasteiger partial charge in [0, 0.05) is 19.8 Å². The molecule has 2 rings (SSSR count). The molecule has 0 aliphatic rings. The van der Waals surface area contributed by atoms with E-state index in [1.165, 1.54) is 0 Å². The van der Waals surface area contributed by atoms with Crippen LogP contribution >= 0.6 is 0 Å². The van der Waals surface area contributed by atoms with Crippen molar-refractivity contribution in [3.05, 3.63) is 71.3 Å². The monoisotopic (exact) mass is 587 g/mol. The van der Waals surface area contributed by atoms with Crippen LogP contribution < -0.4 is 4.74 Å². The van der Waals surface area contributed by atoms with Gasteiger partial charge in [-0.1, -0.05) is 42.5 Å².